The average molecular weight is 316 g/mol. The lowest BCUT2D eigenvalue weighted by atomic mass is 9.60. The minimum Gasteiger partial charge on any atom is -0.469 e. The van der Waals surface area contributed by atoms with Crippen molar-refractivity contribution in [3.05, 3.63) is 29.3 Å². The predicted molar refractivity (Wildman–Crippen MR) is 86.2 cm³/mol. The van der Waals surface area contributed by atoms with Gasteiger partial charge in [0.15, 0.2) is 0 Å². The van der Waals surface area contributed by atoms with Gasteiger partial charge in [0, 0.05) is 6.92 Å². The van der Waals surface area contributed by atoms with Gasteiger partial charge >= 0.3 is 11.9 Å². The third kappa shape index (κ3) is 2.99. The maximum absolute atomic E-state index is 12.0. The van der Waals surface area contributed by atoms with Gasteiger partial charge in [0.1, 0.15) is 5.75 Å². The lowest BCUT2D eigenvalue weighted by Crippen LogP contribution is -2.38. The molecule has 4 nitrogen and oxygen atoms in total. The molecule has 0 heterocycles. The van der Waals surface area contributed by atoms with Gasteiger partial charge in [0.05, 0.1) is 13.0 Å². The fourth-order valence-corrected chi connectivity index (χ4v) is 4.55. The Hall–Kier alpha value is -1.84. The topological polar surface area (TPSA) is 52.6 Å². The van der Waals surface area contributed by atoms with Crippen LogP contribution in [-0.4, -0.2) is 19.0 Å². The third-order valence-electron chi connectivity index (χ3n) is 5.64. The largest absolute Gasteiger partial charge is 0.469 e. The van der Waals surface area contributed by atoms with E-state index in [0.717, 1.165) is 25.7 Å². The minimum absolute atomic E-state index is 0.0307. The lowest BCUT2D eigenvalue weighted by molar-refractivity contribution is -0.150. The van der Waals surface area contributed by atoms with Crippen LogP contribution >= 0.6 is 0 Å². The van der Waals surface area contributed by atoms with E-state index in [2.05, 4.69) is 13.0 Å². The zero-order valence-electron chi connectivity index (χ0n) is 14.0. The van der Waals surface area contributed by atoms with Gasteiger partial charge in [0.2, 0.25) is 0 Å². The molecule has 3 rings (SSSR count). The molecule has 23 heavy (non-hydrogen) atoms. The maximum atomic E-state index is 12.0. The Morgan fingerprint density at radius 3 is 2.65 bits per heavy atom. The second-order valence-corrected chi connectivity index (χ2v) is 6.83. The number of rotatable bonds is 2. The second kappa shape index (κ2) is 6.34. The summed E-state index contributed by atoms with van der Waals surface area (Å²) in [5.74, 6) is 1.69. The van der Waals surface area contributed by atoms with E-state index in [9.17, 15) is 9.59 Å². The highest BCUT2D eigenvalue weighted by atomic mass is 16.5. The summed E-state index contributed by atoms with van der Waals surface area (Å²) in [7, 11) is 1.48. The molecule has 4 atom stereocenters. The highest BCUT2D eigenvalue weighted by molar-refractivity contribution is 5.73. The van der Waals surface area contributed by atoms with Crippen molar-refractivity contribution in [1.82, 2.24) is 0 Å². The van der Waals surface area contributed by atoms with Crippen LogP contribution in [0, 0.1) is 17.8 Å². The molecule has 4 heteroatoms. The normalized spacial score (nSPS) is 29.2. The van der Waals surface area contributed by atoms with E-state index in [-0.39, 0.29) is 17.9 Å². The van der Waals surface area contributed by atoms with Gasteiger partial charge < -0.3 is 9.47 Å². The molecule has 0 amide bonds. The van der Waals surface area contributed by atoms with Gasteiger partial charge in [-0.2, -0.15) is 0 Å². The average Bonchev–Trinajstić information content (AvgIpc) is 2.53. The van der Waals surface area contributed by atoms with Crippen LogP contribution in [0.25, 0.3) is 0 Å². The summed E-state index contributed by atoms with van der Waals surface area (Å²) in [5, 5.41) is 0. The summed E-state index contributed by atoms with van der Waals surface area (Å²) < 4.78 is 10.2. The Morgan fingerprint density at radius 1 is 1.17 bits per heavy atom. The number of benzene rings is 1. The molecular formula is C19H24O4. The van der Waals surface area contributed by atoms with Gasteiger partial charge in [0.25, 0.3) is 0 Å². The molecule has 1 aromatic carbocycles. The second-order valence-electron chi connectivity index (χ2n) is 6.83. The first-order chi connectivity index (χ1) is 11.0. The van der Waals surface area contributed by atoms with Crippen LogP contribution < -0.4 is 4.74 Å². The molecule has 0 bridgehead atoms. The van der Waals surface area contributed by atoms with Gasteiger partial charge in [-0.15, -0.1) is 0 Å². The highest BCUT2D eigenvalue weighted by Crippen LogP contribution is 2.50. The molecule has 124 valence electrons. The van der Waals surface area contributed by atoms with E-state index < -0.39 is 0 Å². The zero-order valence-corrected chi connectivity index (χ0v) is 14.0. The van der Waals surface area contributed by atoms with Gasteiger partial charge in [-0.25, -0.2) is 0 Å². The molecule has 0 saturated heterocycles. The molecule has 1 saturated carbocycles. The molecular weight excluding hydrogens is 292 g/mol. The lowest BCUT2D eigenvalue weighted by Gasteiger charge is -2.44. The Morgan fingerprint density at radius 2 is 1.96 bits per heavy atom. The van der Waals surface area contributed by atoms with Crippen molar-refractivity contribution in [3.8, 4) is 5.75 Å². The summed E-state index contributed by atoms with van der Waals surface area (Å²) in [5.41, 5.74) is 2.65. The van der Waals surface area contributed by atoms with Crippen molar-refractivity contribution in [3.63, 3.8) is 0 Å². The van der Waals surface area contributed by atoms with Crippen LogP contribution in [0.5, 0.6) is 5.75 Å². The van der Waals surface area contributed by atoms with Crippen molar-refractivity contribution in [2.75, 3.05) is 7.11 Å². The first-order valence-corrected chi connectivity index (χ1v) is 8.40. The molecule has 0 aromatic heterocycles. The van der Waals surface area contributed by atoms with Crippen LogP contribution in [-0.2, 0) is 20.7 Å². The Kier molecular flexibility index (Phi) is 4.42. The Labute approximate surface area is 137 Å². The van der Waals surface area contributed by atoms with E-state index >= 15 is 0 Å². The number of hydrogen-bond donors (Lipinski definition) is 0. The van der Waals surface area contributed by atoms with E-state index in [1.54, 1.807) is 0 Å². The van der Waals surface area contributed by atoms with E-state index in [1.165, 1.54) is 25.2 Å². The monoisotopic (exact) mass is 316 g/mol. The fourth-order valence-electron chi connectivity index (χ4n) is 4.55. The standard InChI is InChI=1S/C19H24O4/c1-11-15-6-4-13-10-14(23-12(2)20)5-7-17(13)18(15)9-8-16(11)19(21)22-3/h5,7,10-11,15-16,18H,4,6,8-9H2,1-3H3/t11?,15-,16-,18-/m0/s1. The summed E-state index contributed by atoms with van der Waals surface area (Å²) >= 11 is 0. The summed E-state index contributed by atoms with van der Waals surface area (Å²) in [6.07, 6.45) is 3.97. The zero-order chi connectivity index (χ0) is 16.6. The van der Waals surface area contributed by atoms with Crippen molar-refractivity contribution in [2.24, 2.45) is 17.8 Å². The van der Waals surface area contributed by atoms with Crippen LogP contribution in [0.3, 0.4) is 0 Å². The molecule has 2 aliphatic carbocycles. The quantitative estimate of drug-likeness (QED) is 0.619. The number of carbonyl (C=O) groups excluding carboxylic acids is 2. The molecule has 0 aliphatic heterocycles. The Bertz CT molecular complexity index is 622. The number of fused-ring (bicyclic) bond motifs is 3. The third-order valence-corrected chi connectivity index (χ3v) is 5.64. The number of methoxy groups -OCH3 is 1. The van der Waals surface area contributed by atoms with Crippen LogP contribution in [0.4, 0.5) is 0 Å². The number of esters is 2. The van der Waals surface area contributed by atoms with Crippen molar-refractivity contribution in [2.45, 2.75) is 45.4 Å². The Balaban J connectivity index is 1.83. The smallest absolute Gasteiger partial charge is 0.308 e. The number of ether oxygens (including phenoxy) is 2. The SMILES string of the molecule is COC(=O)[C@H]1CC[C@@H]2c3ccc(OC(C)=O)cc3CC[C@H]2C1C. The molecule has 1 aromatic rings. The molecule has 1 fully saturated rings. The van der Waals surface area contributed by atoms with Crippen molar-refractivity contribution in [1.29, 1.82) is 0 Å². The number of carbonyl (C=O) groups is 2. The van der Waals surface area contributed by atoms with Crippen LogP contribution in [0.15, 0.2) is 18.2 Å². The van der Waals surface area contributed by atoms with Gasteiger partial charge in [-0.1, -0.05) is 13.0 Å². The van der Waals surface area contributed by atoms with Crippen LogP contribution in [0.2, 0.25) is 0 Å². The first-order valence-electron chi connectivity index (χ1n) is 8.40. The van der Waals surface area contributed by atoms with E-state index in [4.69, 9.17) is 9.47 Å². The molecule has 0 N–H and O–H groups in total. The highest BCUT2D eigenvalue weighted by Gasteiger charge is 2.43. The predicted octanol–water partition coefficient (Wildman–Crippen LogP) is 3.48. The molecule has 0 radical (unpaired) electrons. The van der Waals surface area contributed by atoms with Crippen LogP contribution in [0.1, 0.15) is 50.2 Å². The maximum Gasteiger partial charge on any atom is 0.308 e. The first kappa shape index (κ1) is 16.0. The minimum atomic E-state index is -0.286. The van der Waals surface area contributed by atoms with Crippen molar-refractivity contribution >= 4 is 11.9 Å². The summed E-state index contributed by atoms with van der Waals surface area (Å²) in [6, 6.07) is 6.00. The molecule has 0 spiro atoms. The van der Waals surface area contributed by atoms with Gasteiger partial charge in [-0.05, 0) is 66.7 Å². The summed E-state index contributed by atoms with van der Waals surface area (Å²) in [6.45, 7) is 3.61. The van der Waals surface area contributed by atoms with E-state index in [1.807, 2.05) is 12.1 Å². The summed E-state index contributed by atoms with van der Waals surface area (Å²) in [4.78, 5) is 23.1. The fraction of sp³-hybridized carbons (Fsp3) is 0.579. The number of hydrogen-bond acceptors (Lipinski definition) is 4. The van der Waals surface area contributed by atoms with Crippen molar-refractivity contribution < 1.29 is 19.1 Å². The molecule has 2 aliphatic rings. The molecule has 1 unspecified atom stereocenters. The van der Waals surface area contributed by atoms with E-state index in [0.29, 0.717) is 23.5 Å². The van der Waals surface area contributed by atoms with Gasteiger partial charge in [-0.3, -0.25) is 9.59 Å². The number of aryl methyl sites for hydroxylation is 1.